The van der Waals surface area contributed by atoms with E-state index in [0.717, 1.165) is 0 Å². The standard InChI is InChI=1S/C20H12N2O4/c23-18-13-5-1-2-6-17(13)26-19-15(18)10-14-16(21-19)7-8-22(20(14)24)11-12-4-3-9-25-12/h1-10H,11H2. The molecule has 4 heterocycles. The zero-order valence-corrected chi connectivity index (χ0v) is 13.5. The number of aromatic nitrogens is 2. The molecule has 0 fully saturated rings. The van der Waals surface area contributed by atoms with Crippen molar-refractivity contribution in [2.75, 3.05) is 0 Å². The zero-order chi connectivity index (χ0) is 17.7. The minimum Gasteiger partial charge on any atom is -0.467 e. The molecule has 4 aromatic heterocycles. The van der Waals surface area contributed by atoms with Gasteiger partial charge in [-0.05, 0) is 36.4 Å². The summed E-state index contributed by atoms with van der Waals surface area (Å²) in [6.07, 6.45) is 3.22. The number of furan rings is 1. The number of para-hydroxylation sites is 1. The Morgan fingerprint density at radius 1 is 0.962 bits per heavy atom. The fourth-order valence-electron chi connectivity index (χ4n) is 3.12. The third-order valence-electron chi connectivity index (χ3n) is 4.41. The van der Waals surface area contributed by atoms with Crippen LogP contribution >= 0.6 is 0 Å². The van der Waals surface area contributed by atoms with Crippen LogP contribution in [0.4, 0.5) is 0 Å². The van der Waals surface area contributed by atoms with Gasteiger partial charge in [-0.2, -0.15) is 0 Å². The fraction of sp³-hybridized carbons (Fsp3) is 0.0500. The summed E-state index contributed by atoms with van der Waals surface area (Å²) in [5.74, 6) is 0.672. The lowest BCUT2D eigenvalue weighted by atomic mass is 10.1. The molecule has 26 heavy (non-hydrogen) atoms. The van der Waals surface area contributed by atoms with Crippen molar-refractivity contribution in [1.29, 1.82) is 0 Å². The van der Waals surface area contributed by atoms with Crippen LogP contribution in [0.15, 0.2) is 79.4 Å². The molecule has 0 aliphatic carbocycles. The molecule has 6 nitrogen and oxygen atoms in total. The molecule has 5 rings (SSSR count). The van der Waals surface area contributed by atoms with E-state index in [1.54, 1.807) is 61.0 Å². The molecule has 1 aromatic carbocycles. The summed E-state index contributed by atoms with van der Waals surface area (Å²) < 4.78 is 12.6. The maximum absolute atomic E-state index is 12.8. The van der Waals surface area contributed by atoms with E-state index in [2.05, 4.69) is 4.98 Å². The van der Waals surface area contributed by atoms with Gasteiger partial charge in [0.25, 0.3) is 5.56 Å². The van der Waals surface area contributed by atoms with Gasteiger partial charge < -0.3 is 13.4 Å². The van der Waals surface area contributed by atoms with Crippen LogP contribution in [0.25, 0.3) is 33.0 Å². The first-order chi connectivity index (χ1) is 12.7. The van der Waals surface area contributed by atoms with Crippen molar-refractivity contribution < 1.29 is 8.83 Å². The van der Waals surface area contributed by atoms with Gasteiger partial charge in [0.15, 0.2) is 0 Å². The molecule has 5 aromatic rings. The van der Waals surface area contributed by atoms with E-state index in [4.69, 9.17) is 8.83 Å². The third kappa shape index (κ3) is 2.16. The van der Waals surface area contributed by atoms with Crippen molar-refractivity contribution in [2.45, 2.75) is 6.54 Å². The minimum atomic E-state index is -0.235. The van der Waals surface area contributed by atoms with Crippen LogP contribution < -0.4 is 11.0 Å². The molecule has 0 spiro atoms. The summed E-state index contributed by atoms with van der Waals surface area (Å²) in [7, 11) is 0. The number of hydrogen-bond donors (Lipinski definition) is 0. The number of rotatable bonds is 2. The predicted octanol–water partition coefficient (Wildman–Crippen LogP) is 3.30. The quantitative estimate of drug-likeness (QED) is 0.459. The van der Waals surface area contributed by atoms with E-state index in [1.165, 1.54) is 4.57 Å². The lowest BCUT2D eigenvalue weighted by Crippen LogP contribution is -2.20. The Hall–Kier alpha value is -3.67. The Balaban J connectivity index is 1.80. The van der Waals surface area contributed by atoms with Crippen LogP contribution in [0, 0.1) is 0 Å². The van der Waals surface area contributed by atoms with Crippen molar-refractivity contribution in [3.05, 3.63) is 87.3 Å². The number of nitrogens with zero attached hydrogens (tertiary/aromatic N) is 2. The Morgan fingerprint density at radius 2 is 1.85 bits per heavy atom. The van der Waals surface area contributed by atoms with Gasteiger partial charge >= 0.3 is 0 Å². The molecule has 126 valence electrons. The van der Waals surface area contributed by atoms with Crippen LogP contribution in [-0.2, 0) is 6.54 Å². The maximum Gasteiger partial charge on any atom is 0.260 e. The van der Waals surface area contributed by atoms with Crippen molar-refractivity contribution >= 4 is 33.0 Å². The normalized spacial score (nSPS) is 11.5. The SMILES string of the molecule is O=c1c2ccccc2oc2nc3ccn(Cc4ccco4)c(=O)c3cc12. The van der Waals surface area contributed by atoms with Crippen LogP contribution in [0.3, 0.4) is 0 Å². The molecule has 6 heteroatoms. The highest BCUT2D eigenvalue weighted by atomic mass is 16.3. The van der Waals surface area contributed by atoms with Crippen LogP contribution in [-0.4, -0.2) is 9.55 Å². The first kappa shape index (κ1) is 14.7. The van der Waals surface area contributed by atoms with Gasteiger partial charge in [0.05, 0.1) is 34.5 Å². The summed E-state index contributed by atoms with van der Waals surface area (Å²) in [6, 6.07) is 13.9. The van der Waals surface area contributed by atoms with Gasteiger partial charge in [-0.25, -0.2) is 4.98 Å². The molecule has 0 saturated carbocycles. The van der Waals surface area contributed by atoms with Crippen LogP contribution in [0.2, 0.25) is 0 Å². The Bertz CT molecular complexity index is 1400. The third-order valence-corrected chi connectivity index (χ3v) is 4.41. The lowest BCUT2D eigenvalue weighted by molar-refractivity contribution is 0.490. The van der Waals surface area contributed by atoms with Gasteiger partial charge in [0, 0.05) is 6.20 Å². The molecular formula is C20H12N2O4. The fourth-order valence-corrected chi connectivity index (χ4v) is 3.12. The maximum atomic E-state index is 12.8. The first-order valence-electron chi connectivity index (χ1n) is 8.09. The minimum absolute atomic E-state index is 0.197. The lowest BCUT2D eigenvalue weighted by Gasteiger charge is -2.06. The van der Waals surface area contributed by atoms with E-state index in [-0.39, 0.29) is 16.7 Å². The van der Waals surface area contributed by atoms with Crippen molar-refractivity contribution in [3.63, 3.8) is 0 Å². The second-order valence-electron chi connectivity index (χ2n) is 6.03. The Morgan fingerprint density at radius 3 is 2.69 bits per heavy atom. The van der Waals surface area contributed by atoms with E-state index in [9.17, 15) is 9.59 Å². The second kappa shape index (κ2) is 5.42. The molecule has 0 aliphatic rings. The number of benzene rings is 1. The molecule has 0 saturated heterocycles. The molecule has 0 bridgehead atoms. The van der Waals surface area contributed by atoms with Gasteiger partial charge in [-0.3, -0.25) is 9.59 Å². The monoisotopic (exact) mass is 344 g/mol. The van der Waals surface area contributed by atoms with E-state index < -0.39 is 0 Å². The summed E-state index contributed by atoms with van der Waals surface area (Å²) >= 11 is 0. The Kier molecular flexibility index (Phi) is 3.05. The number of fused-ring (bicyclic) bond motifs is 3. The summed E-state index contributed by atoms with van der Waals surface area (Å²) in [4.78, 5) is 30.0. The summed E-state index contributed by atoms with van der Waals surface area (Å²) in [5.41, 5.74) is 0.752. The molecule has 0 amide bonds. The van der Waals surface area contributed by atoms with Crippen molar-refractivity contribution in [1.82, 2.24) is 9.55 Å². The van der Waals surface area contributed by atoms with Crippen molar-refractivity contribution in [2.24, 2.45) is 0 Å². The van der Waals surface area contributed by atoms with Crippen LogP contribution in [0.5, 0.6) is 0 Å². The highest BCUT2D eigenvalue weighted by molar-refractivity contribution is 5.94. The molecule has 0 atom stereocenters. The van der Waals surface area contributed by atoms with Gasteiger partial charge in [0.1, 0.15) is 11.3 Å². The average molecular weight is 344 g/mol. The predicted molar refractivity (Wildman–Crippen MR) is 97.4 cm³/mol. The largest absolute Gasteiger partial charge is 0.467 e. The number of pyridine rings is 2. The highest BCUT2D eigenvalue weighted by Gasteiger charge is 2.13. The van der Waals surface area contributed by atoms with E-state index >= 15 is 0 Å². The molecule has 0 unspecified atom stereocenters. The molecule has 0 aliphatic heterocycles. The first-order valence-corrected chi connectivity index (χ1v) is 8.09. The second-order valence-corrected chi connectivity index (χ2v) is 6.03. The number of hydrogen-bond acceptors (Lipinski definition) is 5. The molecular weight excluding hydrogens is 332 g/mol. The molecule has 0 radical (unpaired) electrons. The van der Waals surface area contributed by atoms with Gasteiger partial charge in [-0.15, -0.1) is 0 Å². The van der Waals surface area contributed by atoms with Crippen molar-refractivity contribution in [3.8, 4) is 0 Å². The Labute approximate surface area is 145 Å². The highest BCUT2D eigenvalue weighted by Crippen LogP contribution is 2.20. The average Bonchev–Trinajstić information content (AvgIpc) is 3.17. The van der Waals surface area contributed by atoms with Crippen LogP contribution in [0.1, 0.15) is 5.76 Å². The van der Waals surface area contributed by atoms with E-state index in [0.29, 0.717) is 39.6 Å². The topological polar surface area (TPSA) is 78.2 Å². The summed E-state index contributed by atoms with van der Waals surface area (Å²) in [6.45, 7) is 0.312. The van der Waals surface area contributed by atoms with Gasteiger partial charge in [-0.1, -0.05) is 12.1 Å². The van der Waals surface area contributed by atoms with E-state index in [1.807, 2.05) is 0 Å². The summed E-state index contributed by atoms with van der Waals surface area (Å²) in [5, 5.41) is 1.13. The molecule has 0 N–H and O–H groups in total. The zero-order valence-electron chi connectivity index (χ0n) is 13.5. The smallest absolute Gasteiger partial charge is 0.260 e. The van der Waals surface area contributed by atoms with Gasteiger partial charge in [0.2, 0.25) is 11.1 Å².